The molecule has 0 heterocycles. The minimum absolute atomic E-state index is 0.143. The van der Waals surface area contributed by atoms with Crippen molar-refractivity contribution in [1.82, 2.24) is 0 Å². The van der Waals surface area contributed by atoms with Gasteiger partial charge >= 0.3 is 5.97 Å². The van der Waals surface area contributed by atoms with Crippen LogP contribution in [0, 0.1) is 0 Å². The molecule has 3 aromatic rings. The van der Waals surface area contributed by atoms with E-state index < -0.39 is 14.4 Å². The Labute approximate surface area is 205 Å². The van der Waals surface area contributed by atoms with E-state index >= 15 is 0 Å². The summed E-state index contributed by atoms with van der Waals surface area (Å²) in [7, 11) is -1.32. The van der Waals surface area contributed by atoms with Crippen LogP contribution in [0.3, 0.4) is 0 Å². The fourth-order valence-corrected chi connectivity index (χ4v) is 9.19. The zero-order chi connectivity index (χ0) is 24.6. The van der Waals surface area contributed by atoms with E-state index in [1.54, 1.807) is 0 Å². The van der Waals surface area contributed by atoms with Gasteiger partial charge in [0.1, 0.15) is 0 Å². The maximum Gasteiger partial charge on any atom is 0.335 e. The van der Waals surface area contributed by atoms with E-state index in [0.717, 1.165) is 5.56 Å². The molecule has 0 unspecified atom stereocenters. The quantitative estimate of drug-likeness (QED) is 0.302. The molecule has 4 nitrogen and oxygen atoms in total. The number of methoxy groups -OCH3 is 1. The van der Waals surface area contributed by atoms with Crippen molar-refractivity contribution in [2.45, 2.75) is 58.0 Å². The first kappa shape index (κ1) is 25.9. The molecule has 0 aliphatic heterocycles. The summed E-state index contributed by atoms with van der Waals surface area (Å²) in [5.41, 5.74) is 1.01. The predicted octanol–water partition coefficient (Wildman–Crippen LogP) is 5.10. The summed E-state index contributed by atoms with van der Waals surface area (Å²) in [4.78, 5) is 12.6. The summed E-state index contributed by atoms with van der Waals surface area (Å²) < 4.78 is 18.2. The zero-order valence-corrected chi connectivity index (χ0v) is 21.9. The minimum atomic E-state index is -2.72. The first-order valence-electron chi connectivity index (χ1n) is 11.8. The molecule has 0 aliphatic rings. The molecule has 0 bridgehead atoms. The standard InChI is InChI=1S/C29H36O4Si/c1-23(21-27(28(30)31-5)32-22-24-15-9-6-10-16-24)33-34(29(2,3)4,25-17-11-7-12-18-25)26-19-13-8-14-20-26/h6-20,23,27H,21-22H2,1-5H3/t23-,27-/m0/s1. The molecule has 0 fully saturated rings. The van der Waals surface area contributed by atoms with Gasteiger partial charge in [0.2, 0.25) is 0 Å². The van der Waals surface area contributed by atoms with E-state index in [-0.39, 0.29) is 17.1 Å². The molecule has 0 radical (unpaired) electrons. The van der Waals surface area contributed by atoms with Crippen LogP contribution in [-0.4, -0.2) is 33.6 Å². The monoisotopic (exact) mass is 476 g/mol. The van der Waals surface area contributed by atoms with Crippen LogP contribution in [0.4, 0.5) is 0 Å². The van der Waals surface area contributed by atoms with Crippen LogP contribution in [0.15, 0.2) is 91.0 Å². The molecule has 0 N–H and O–H groups in total. The van der Waals surface area contributed by atoms with Crippen LogP contribution in [0.5, 0.6) is 0 Å². The van der Waals surface area contributed by atoms with Crippen LogP contribution >= 0.6 is 0 Å². The van der Waals surface area contributed by atoms with Gasteiger partial charge in [-0.2, -0.15) is 0 Å². The van der Waals surface area contributed by atoms with Crippen LogP contribution < -0.4 is 10.4 Å². The number of esters is 1. The minimum Gasteiger partial charge on any atom is -0.467 e. The van der Waals surface area contributed by atoms with Crippen LogP contribution in [0.25, 0.3) is 0 Å². The summed E-state index contributed by atoms with van der Waals surface area (Å²) in [5.74, 6) is -0.381. The van der Waals surface area contributed by atoms with Gasteiger partial charge in [0.25, 0.3) is 8.32 Å². The van der Waals surface area contributed by atoms with Gasteiger partial charge in [-0.05, 0) is 27.9 Å². The smallest absolute Gasteiger partial charge is 0.335 e. The molecule has 0 saturated heterocycles. The maximum absolute atomic E-state index is 12.6. The molecule has 3 aromatic carbocycles. The normalized spacial score (nSPS) is 13.8. The number of ether oxygens (including phenoxy) is 2. The second-order valence-corrected chi connectivity index (χ2v) is 13.9. The third-order valence-electron chi connectivity index (χ3n) is 6.10. The number of carbonyl (C=O) groups is 1. The van der Waals surface area contributed by atoms with Crippen LogP contribution in [0.2, 0.25) is 5.04 Å². The van der Waals surface area contributed by atoms with Crippen molar-refractivity contribution in [2.24, 2.45) is 0 Å². The van der Waals surface area contributed by atoms with Gasteiger partial charge < -0.3 is 13.9 Å². The lowest BCUT2D eigenvalue weighted by molar-refractivity contribution is -0.156. The summed E-state index contributed by atoms with van der Waals surface area (Å²) in [6.45, 7) is 9.11. The molecule has 0 aliphatic carbocycles. The Hall–Kier alpha value is -2.73. The second kappa shape index (κ2) is 11.6. The summed E-state index contributed by atoms with van der Waals surface area (Å²) >= 11 is 0. The molecular formula is C29H36O4Si. The lowest BCUT2D eigenvalue weighted by Gasteiger charge is -2.45. The lowest BCUT2D eigenvalue weighted by atomic mass is 10.1. The molecule has 34 heavy (non-hydrogen) atoms. The van der Waals surface area contributed by atoms with Crippen molar-refractivity contribution in [3.63, 3.8) is 0 Å². The number of carbonyl (C=O) groups excluding carboxylic acids is 1. The van der Waals surface area contributed by atoms with Gasteiger partial charge in [0, 0.05) is 12.5 Å². The Balaban J connectivity index is 1.91. The largest absolute Gasteiger partial charge is 0.467 e. The van der Waals surface area contributed by atoms with Gasteiger partial charge in [-0.25, -0.2) is 4.79 Å². The number of hydrogen-bond donors (Lipinski definition) is 0. The SMILES string of the molecule is COC(=O)[C@H](C[C@H](C)O[Si](c1ccccc1)(c1ccccc1)C(C)(C)C)OCc1ccccc1. The van der Waals surface area contributed by atoms with Crippen molar-refractivity contribution in [3.8, 4) is 0 Å². The van der Waals surface area contributed by atoms with Gasteiger partial charge in [-0.1, -0.05) is 112 Å². The average molecular weight is 477 g/mol. The topological polar surface area (TPSA) is 44.8 Å². The summed E-state index contributed by atoms with van der Waals surface area (Å²) in [6.07, 6.45) is -0.533. The first-order chi connectivity index (χ1) is 16.3. The van der Waals surface area contributed by atoms with E-state index in [4.69, 9.17) is 13.9 Å². The highest BCUT2D eigenvalue weighted by Gasteiger charge is 2.51. The molecule has 0 amide bonds. The molecule has 0 aromatic heterocycles. The number of benzene rings is 3. The molecule has 0 spiro atoms. The maximum atomic E-state index is 12.6. The zero-order valence-electron chi connectivity index (χ0n) is 20.9. The number of rotatable bonds is 10. The third kappa shape index (κ3) is 6.03. The molecular weight excluding hydrogens is 440 g/mol. The van der Waals surface area contributed by atoms with Crippen LogP contribution in [0.1, 0.15) is 39.7 Å². The summed E-state index contributed by atoms with van der Waals surface area (Å²) in [6, 6.07) is 30.9. The Morgan fingerprint density at radius 2 is 1.29 bits per heavy atom. The highest BCUT2D eigenvalue weighted by atomic mass is 28.4. The Kier molecular flexibility index (Phi) is 8.83. The Morgan fingerprint density at radius 3 is 1.74 bits per heavy atom. The van der Waals surface area contributed by atoms with Gasteiger partial charge in [0.05, 0.1) is 13.7 Å². The first-order valence-corrected chi connectivity index (χ1v) is 13.7. The van der Waals surface area contributed by atoms with E-state index in [1.165, 1.54) is 17.5 Å². The highest BCUT2D eigenvalue weighted by Crippen LogP contribution is 2.38. The van der Waals surface area contributed by atoms with Crippen molar-refractivity contribution in [1.29, 1.82) is 0 Å². The average Bonchev–Trinajstić information content (AvgIpc) is 2.85. The molecule has 180 valence electrons. The van der Waals surface area contributed by atoms with Gasteiger partial charge in [-0.3, -0.25) is 0 Å². The van der Waals surface area contributed by atoms with E-state index in [2.05, 4.69) is 69.3 Å². The fraction of sp³-hybridized carbons (Fsp3) is 0.345. The molecule has 0 saturated carbocycles. The fourth-order valence-electron chi connectivity index (χ4n) is 4.48. The Bertz CT molecular complexity index is 977. The van der Waals surface area contributed by atoms with E-state index in [0.29, 0.717) is 13.0 Å². The van der Waals surface area contributed by atoms with Crippen molar-refractivity contribution in [3.05, 3.63) is 96.6 Å². The molecule has 5 heteroatoms. The summed E-state index contributed by atoms with van der Waals surface area (Å²) in [5, 5.41) is 2.27. The Morgan fingerprint density at radius 1 is 0.824 bits per heavy atom. The highest BCUT2D eigenvalue weighted by molar-refractivity contribution is 6.99. The van der Waals surface area contributed by atoms with E-state index in [1.807, 2.05) is 49.4 Å². The third-order valence-corrected chi connectivity index (χ3v) is 11.3. The predicted molar refractivity (Wildman–Crippen MR) is 140 cm³/mol. The van der Waals surface area contributed by atoms with Gasteiger partial charge in [0.15, 0.2) is 6.10 Å². The van der Waals surface area contributed by atoms with Crippen molar-refractivity contribution >= 4 is 24.7 Å². The van der Waals surface area contributed by atoms with Crippen molar-refractivity contribution < 1.29 is 18.7 Å². The number of hydrogen-bond acceptors (Lipinski definition) is 4. The van der Waals surface area contributed by atoms with Gasteiger partial charge in [-0.15, -0.1) is 0 Å². The second-order valence-electron chi connectivity index (χ2n) is 9.64. The van der Waals surface area contributed by atoms with E-state index in [9.17, 15) is 4.79 Å². The molecule has 2 atom stereocenters. The van der Waals surface area contributed by atoms with Crippen LogP contribution in [-0.2, 0) is 25.3 Å². The molecule has 3 rings (SSSR count). The lowest BCUT2D eigenvalue weighted by Crippen LogP contribution is -2.67. The van der Waals surface area contributed by atoms with Crippen molar-refractivity contribution in [2.75, 3.05) is 7.11 Å².